The van der Waals surface area contributed by atoms with Crippen LogP contribution in [0.5, 0.6) is 0 Å². The predicted octanol–water partition coefficient (Wildman–Crippen LogP) is 2.03. The van der Waals surface area contributed by atoms with E-state index in [2.05, 4.69) is 0 Å². The van der Waals surface area contributed by atoms with Gasteiger partial charge in [-0.15, -0.1) is 0 Å². The first-order chi connectivity index (χ1) is 8.25. The summed E-state index contributed by atoms with van der Waals surface area (Å²) in [4.78, 5) is 0. The van der Waals surface area contributed by atoms with Crippen molar-refractivity contribution in [3.63, 3.8) is 0 Å². The smallest absolute Gasteiger partial charge is 0.350 e. The molecular weight excluding hydrogens is 262 g/mol. The molecule has 1 aromatic carbocycles. The van der Waals surface area contributed by atoms with Gasteiger partial charge >= 0.3 is 5.76 Å². The number of nitrogen functional groups attached to an aromatic ring is 1. The molecule has 0 heterocycles. The normalized spacial score (nSPS) is 12.6. The molecule has 0 unspecified atom stereocenters. The Kier molecular flexibility index (Phi) is 4.64. The van der Waals surface area contributed by atoms with Crippen LogP contribution in [-0.2, 0) is 16.6 Å². The summed E-state index contributed by atoms with van der Waals surface area (Å²) in [6.45, 7) is 2.98. The number of rotatable bonds is 5. The van der Waals surface area contributed by atoms with Crippen LogP contribution in [0.2, 0.25) is 0 Å². The third-order valence-electron chi connectivity index (χ3n) is 2.42. The van der Waals surface area contributed by atoms with Crippen LogP contribution in [0.4, 0.5) is 14.5 Å². The first-order valence-electron chi connectivity index (χ1n) is 5.38. The standard InChI is InChI=1S/C11H16F2N2O2S/c1-8(2)15(18(16,17)11(12)13)7-9-4-3-5-10(14)6-9/h3-6,8,11H,7,14H2,1-2H3. The molecule has 7 heteroatoms. The highest BCUT2D eigenvalue weighted by atomic mass is 32.2. The zero-order chi connectivity index (χ0) is 13.9. The fraction of sp³-hybridized carbons (Fsp3) is 0.455. The molecule has 0 fully saturated rings. The molecule has 1 rings (SSSR count). The van der Waals surface area contributed by atoms with Crippen molar-refractivity contribution in [3.8, 4) is 0 Å². The average Bonchev–Trinajstić information content (AvgIpc) is 2.25. The van der Waals surface area contributed by atoms with Gasteiger partial charge in [-0.2, -0.15) is 13.1 Å². The topological polar surface area (TPSA) is 63.4 Å². The van der Waals surface area contributed by atoms with Gasteiger partial charge in [0.05, 0.1) is 0 Å². The van der Waals surface area contributed by atoms with E-state index in [1.54, 1.807) is 38.1 Å². The van der Waals surface area contributed by atoms with Crippen LogP contribution in [0.1, 0.15) is 19.4 Å². The minimum Gasteiger partial charge on any atom is -0.399 e. The molecule has 0 radical (unpaired) electrons. The number of anilines is 1. The quantitative estimate of drug-likeness (QED) is 0.838. The van der Waals surface area contributed by atoms with Crippen LogP contribution in [0.15, 0.2) is 24.3 Å². The fourth-order valence-corrected chi connectivity index (χ4v) is 2.66. The minimum atomic E-state index is -4.59. The zero-order valence-corrected chi connectivity index (χ0v) is 11.0. The molecule has 2 N–H and O–H groups in total. The zero-order valence-electron chi connectivity index (χ0n) is 10.2. The largest absolute Gasteiger partial charge is 0.399 e. The number of nitrogens with zero attached hydrogens (tertiary/aromatic N) is 1. The molecule has 0 aliphatic carbocycles. The van der Waals surface area contributed by atoms with E-state index in [0.29, 0.717) is 11.3 Å². The Hall–Kier alpha value is -1.21. The van der Waals surface area contributed by atoms with Gasteiger partial charge in [-0.05, 0) is 31.5 Å². The van der Waals surface area contributed by atoms with Crippen molar-refractivity contribution in [2.75, 3.05) is 5.73 Å². The maximum atomic E-state index is 12.6. The lowest BCUT2D eigenvalue weighted by Crippen LogP contribution is -2.39. The molecule has 0 aromatic heterocycles. The summed E-state index contributed by atoms with van der Waals surface area (Å²) in [7, 11) is -4.59. The van der Waals surface area contributed by atoms with Crippen LogP contribution in [0, 0.1) is 0 Å². The lowest BCUT2D eigenvalue weighted by atomic mass is 10.2. The van der Waals surface area contributed by atoms with E-state index >= 15 is 0 Å². The molecule has 4 nitrogen and oxygen atoms in total. The van der Waals surface area contributed by atoms with Crippen molar-refractivity contribution < 1.29 is 17.2 Å². The average molecular weight is 278 g/mol. The molecular formula is C11H16F2N2O2S. The Labute approximate surface area is 105 Å². The van der Waals surface area contributed by atoms with Crippen LogP contribution >= 0.6 is 0 Å². The van der Waals surface area contributed by atoms with Crippen molar-refractivity contribution in [3.05, 3.63) is 29.8 Å². The van der Waals surface area contributed by atoms with E-state index in [4.69, 9.17) is 5.73 Å². The van der Waals surface area contributed by atoms with Gasteiger partial charge in [-0.1, -0.05) is 12.1 Å². The molecule has 18 heavy (non-hydrogen) atoms. The summed E-state index contributed by atoms with van der Waals surface area (Å²) in [5.74, 6) is -3.42. The van der Waals surface area contributed by atoms with E-state index in [1.807, 2.05) is 0 Å². The number of sulfonamides is 1. The van der Waals surface area contributed by atoms with E-state index in [1.165, 1.54) is 0 Å². The van der Waals surface area contributed by atoms with Gasteiger partial charge in [0.25, 0.3) is 10.0 Å². The van der Waals surface area contributed by atoms with Crippen molar-refractivity contribution >= 4 is 15.7 Å². The summed E-state index contributed by atoms with van der Waals surface area (Å²) in [5.41, 5.74) is 6.60. The Balaban J connectivity index is 3.02. The Morgan fingerprint density at radius 3 is 2.39 bits per heavy atom. The SMILES string of the molecule is CC(C)N(Cc1cccc(N)c1)S(=O)(=O)C(F)F. The van der Waals surface area contributed by atoms with E-state index < -0.39 is 21.8 Å². The second-order valence-electron chi connectivity index (χ2n) is 4.19. The van der Waals surface area contributed by atoms with Crippen LogP contribution in [0.3, 0.4) is 0 Å². The number of hydrogen-bond acceptors (Lipinski definition) is 3. The Morgan fingerprint density at radius 2 is 1.94 bits per heavy atom. The lowest BCUT2D eigenvalue weighted by molar-refractivity contribution is 0.211. The molecule has 0 spiro atoms. The third kappa shape index (κ3) is 3.39. The van der Waals surface area contributed by atoms with Gasteiger partial charge in [0.1, 0.15) is 0 Å². The summed E-state index contributed by atoms with van der Waals surface area (Å²) < 4.78 is 48.9. The van der Waals surface area contributed by atoms with Crippen molar-refractivity contribution in [1.29, 1.82) is 0 Å². The first kappa shape index (κ1) is 14.8. The second kappa shape index (κ2) is 5.62. The molecule has 102 valence electrons. The van der Waals surface area contributed by atoms with Gasteiger partial charge in [0, 0.05) is 18.3 Å². The molecule has 0 amide bonds. The van der Waals surface area contributed by atoms with Gasteiger partial charge in [0.2, 0.25) is 0 Å². The van der Waals surface area contributed by atoms with E-state index in [-0.39, 0.29) is 6.54 Å². The molecule has 0 aliphatic heterocycles. The minimum absolute atomic E-state index is 0.116. The van der Waals surface area contributed by atoms with Gasteiger partial charge < -0.3 is 5.73 Å². The number of hydrogen-bond donors (Lipinski definition) is 1. The summed E-state index contributed by atoms with van der Waals surface area (Å²) in [6.07, 6.45) is 0. The number of halogens is 2. The third-order valence-corrected chi connectivity index (χ3v) is 4.07. The molecule has 0 bridgehead atoms. The highest BCUT2D eigenvalue weighted by Gasteiger charge is 2.33. The van der Waals surface area contributed by atoms with Crippen molar-refractivity contribution in [2.45, 2.75) is 32.2 Å². The second-order valence-corrected chi connectivity index (χ2v) is 6.04. The maximum absolute atomic E-state index is 12.6. The fourth-order valence-electron chi connectivity index (χ4n) is 1.54. The number of nitrogens with two attached hydrogens (primary N) is 1. The Bertz CT molecular complexity index is 504. The van der Waals surface area contributed by atoms with Crippen molar-refractivity contribution in [2.24, 2.45) is 0 Å². The summed E-state index contributed by atoms with van der Waals surface area (Å²) in [5, 5.41) is 0. The monoisotopic (exact) mass is 278 g/mol. The van der Waals surface area contributed by atoms with Gasteiger partial charge in [-0.25, -0.2) is 8.42 Å². The molecule has 0 aliphatic rings. The van der Waals surface area contributed by atoms with Crippen molar-refractivity contribution in [1.82, 2.24) is 4.31 Å². The molecule has 0 saturated carbocycles. The Morgan fingerprint density at radius 1 is 1.33 bits per heavy atom. The molecule has 0 saturated heterocycles. The number of benzene rings is 1. The van der Waals surface area contributed by atoms with Crippen LogP contribution in [0.25, 0.3) is 0 Å². The summed E-state index contributed by atoms with van der Waals surface area (Å²) >= 11 is 0. The van der Waals surface area contributed by atoms with Crippen LogP contribution in [-0.4, -0.2) is 24.5 Å². The molecule has 0 atom stereocenters. The lowest BCUT2D eigenvalue weighted by Gasteiger charge is -2.25. The summed E-state index contributed by atoms with van der Waals surface area (Å²) in [6, 6.07) is 5.96. The number of alkyl halides is 2. The highest BCUT2D eigenvalue weighted by Crippen LogP contribution is 2.19. The van der Waals surface area contributed by atoms with Gasteiger partial charge in [0.15, 0.2) is 0 Å². The van der Waals surface area contributed by atoms with Crippen LogP contribution < -0.4 is 5.73 Å². The first-order valence-corrected chi connectivity index (χ1v) is 6.88. The van der Waals surface area contributed by atoms with Gasteiger partial charge in [-0.3, -0.25) is 0 Å². The van der Waals surface area contributed by atoms with E-state index in [0.717, 1.165) is 4.31 Å². The van der Waals surface area contributed by atoms with E-state index in [9.17, 15) is 17.2 Å². The predicted molar refractivity (Wildman–Crippen MR) is 66.5 cm³/mol. The highest BCUT2D eigenvalue weighted by molar-refractivity contribution is 7.89. The molecule has 1 aromatic rings. The maximum Gasteiger partial charge on any atom is 0.350 e.